The summed E-state index contributed by atoms with van der Waals surface area (Å²) in [5, 5.41) is 8.47. The fourth-order valence-electron chi connectivity index (χ4n) is 4.71. The van der Waals surface area contributed by atoms with Crippen LogP contribution in [0, 0.1) is 18.3 Å². The van der Waals surface area contributed by atoms with Crippen LogP contribution in [0.2, 0.25) is 5.02 Å². The summed E-state index contributed by atoms with van der Waals surface area (Å²) in [7, 11) is 0. The zero-order valence-electron chi connectivity index (χ0n) is 16.4. The fourth-order valence-corrected chi connectivity index (χ4v) is 5.00. The molecule has 2 saturated heterocycles. The van der Waals surface area contributed by atoms with Gasteiger partial charge in [0.15, 0.2) is 0 Å². The van der Waals surface area contributed by atoms with E-state index in [4.69, 9.17) is 17.3 Å². The highest BCUT2D eigenvalue weighted by Gasteiger charge is 2.31. The molecule has 8 heteroatoms. The van der Waals surface area contributed by atoms with E-state index in [1.54, 1.807) is 17.5 Å². The second kappa shape index (κ2) is 8.61. The number of aromatic amines is 1. The molecule has 3 N–H and O–H groups in total. The first-order valence-corrected chi connectivity index (χ1v) is 10.7. The Hall–Kier alpha value is -2.28. The SMILES string of the molecule is NC(=O)N1CCC(C2CCN(C(=O)[CH]Cc3cc(Cl)c4[nH]ncc4c3)CC2)CC1. The largest absolute Gasteiger partial charge is 0.351 e. The maximum Gasteiger partial charge on any atom is 0.314 e. The second-order valence-electron chi connectivity index (χ2n) is 8.15. The Morgan fingerprint density at radius 1 is 1.10 bits per heavy atom. The lowest BCUT2D eigenvalue weighted by Crippen LogP contribution is -2.45. The number of nitrogens with zero attached hydrogens (tertiary/aromatic N) is 3. The average molecular weight is 417 g/mol. The van der Waals surface area contributed by atoms with Crippen LogP contribution < -0.4 is 5.73 Å². The summed E-state index contributed by atoms with van der Waals surface area (Å²) in [6.07, 6.45) is 8.16. The van der Waals surface area contributed by atoms with Gasteiger partial charge in [0.1, 0.15) is 0 Å². The molecule has 0 atom stereocenters. The van der Waals surface area contributed by atoms with Crippen molar-refractivity contribution in [3.63, 3.8) is 0 Å². The topological polar surface area (TPSA) is 95.3 Å². The average Bonchev–Trinajstić information content (AvgIpc) is 3.21. The standard InChI is InChI=1S/C21H27ClN5O2/c22-18-12-14(11-17-13-24-25-20(17)18)1-2-19(28)26-7-3-15(4-8-26)16-5-9-27(10-6-16)21(23)29/h2,11-13,15-16H,1,3-10H2,(H2,23,29)(H,24,25). The monoisotopic (exact) mass is 416 g/mol. The summed E-state index contributed by atoms with van der Waals surface area (Å²) in [5.41, 5.74) is 7.20. The number of carbonyl (C=O) groups is 2. The van der Waals surface area contributed by atoms with Gasteiger partial charge in [0.05, 0.1) is 23.2 Å². The normalized spacial score (nSPS) is 19.1. The molecule has 0 bridgehead atoms. The van der Waals surface area contributed by atoms with Crippen LogP contribution in [0.25, 0.3) is 10.9 Å². The molecular formula is C21H27ClN5O2. The Labute approximate surface area is 175 Å². The van der Waals surface area contributed by atoms with Crippen molar-refractivity contribution in [2.24, 2.45) is 17.6 Å². The predicted octanol–water partition coefficient (Wildman–Crippen LogP) is 2.99. The molecule has 0 aliphatic carbocycles. The maximum absolute atomic E-state index is 12.6. The van der Waals surface area contributed by atoms with Crippen LogP contribution in [0.4, 0.5) is 4.79 Å². The maximum atomic E-state index is 12.6. The first kappa shape index (κ1) is 20.0. The van der Waals surface area contributed by atoms with Crippen LogP contribution in [-0.4, -0.2) is 58.1 Å². The smallest absolute Gasteiger partial charge is 0.314 e. The van der Waals surface area contributed by atoms with E-state index in [0.29, 0.717) is 23.3 Å². The van der Waals surface area contributed by atoms with Gasteiger partial charge < -0.3 is 15.5 Å². The van der Waals surface area contributed by atoms with E-state index in [1.165, 1.54) is 0 Å². The van der Waals surface area contributed by atoms with E-state index >= 15 is 0 Å². The number of carbonyl (C=O) groups excluding carboxylic acids is 2. The van der Waals surface area contributed by atoms with Crippen LogP contribution in [0.1, 0.15) is 31.2 Å². The third-order valence-electron chi connectivity index (χ3n) is 6.44. The summed E-state index contributed by atoms with van der Waals surface area (Å²) in [6.45, 7) is 3.13. The summed E-state index contributed by atoms with van der Waals surface area (Å²) in [6, 6.07) is 3.59. The highest BCUT2D eigenvalue weighted by Crippen LogP contribution is 2.32. The van der Waals surface area contributed by atoms with Crippen molar-refractivity contribution in [3.05, 3.63) is 35.3 Å². The van der Waals surface area contributed by atoms with Crippen molar-refractivity contribution in [3.8, 4) is 0 Å². The van der Waals surface area contributed by atoms with E-state index < -0.39 is 0 Å². The summed E-state index contributed by atoms with van der Waals surface area (Å²) >= 11 is 6.27. The van der Waals surface area contributed by atoms with E-state index in [0.717, 1.165) is 68.3 Å². The molecule has 155 valence electrons. The number of hydrogen-bond donors (Lipinski definition) is 2. The Morgan fingerprint density at radius 3 is 2.34 bits per heavy atom. The number of halogens is 1. The molecule has 2 aliphatic heterocycles. The lowest BCUT2D eigenvalue weighted by atomic mass is 9.79. The number of benzene rings is 1. The lowest BCUT2D eigenvalue weighted by molar-refractivity contribution is -0.129. The van der Waals surface area contributed by atoms with E-state index in [2.05, 4.69) is 10.2 Å². The van der Waals surface area contributed by atoms with Gasteiger partial charge in [-0.3, -0.25) is 9.89 Å². The third kappa shape index (κ3) is 4.50. The fraction of sp³-hybridized carbons (Fsp3) is 0.524. The summed E-state index contributed by atoms with van der Waals surface area (Å²) in [5.74, 6) is 1.36. The van der Waals surface area contributed by atoms with Gasteiger partial charge in [0.2, 0.25) is 5.91 Å². The van der Waals surface area contributed by atoms with Gasteiger partial charge in [0, 0.05) is 31.6 Å². The van der Waals surface area contributed by atoms with Gasteiger partial charge in [-0.25, -0.2) is 4.79 Å². The number of likely N-dealkylation sites (tertiary alicyclic amines) is 2. The minimum absolute atomic E-state index is 0.0930. The van der Waals surface area contributed by atoms with Gasteiger partial charge >= 0.3 is 6.03 Å². The molecule has 2 aromatic rings. The van der Waals surface area contributed by atoms with Crippen LogP contribution >= 0.6 is 11.6 Å². The number of primary amides is 1. The molecule has 2 fully saturated rings. The lowest BCUT2D eigenvalue weighted by Gasteiger charge is -2.39. The van der Waals surface area contributed by atoms with Crippen molar-refractivity contribution in [2.75, 3.05) is 26.2 Å². The van der Waals surface area contributed by atoms with Gasteiger partial charge in [-0.2, -0.15) is 5.10 Å². The molecular weight excluding hydrogens is 390 g/mol. The predicted molar refractivity (Wildman–Crippen MR) is 112 cm³/mol. The Kier molecular flexibility index (Phi) is 5.94. The molecule has 0 unspecified atom stereocenters. The minimum Gasteiger partial charge on any atom is -0.351 e. The van der Waals surface area contributed by atoms with E-state index in [9.17, 15) is 9.59 Å². The summed E-state index contributed by atoms with van der Waals surface area (Å²) in [4.78, 5) is 27.6. The number of aromatic nitrogens is 2. The zero-order chi connectivity index (χ0) is 20.4. The van der Waals surface area contributed by atoms with E-state index in [1.807, 2.05) is 17.0 Å². The van der Waals surface area contributed by atoms with Crippen molar-refractivity contribution >= 4 is 34.4 Å². The highest BCUT2D eigenvalue weighted by atomic mass is 35.5. The quantitative estimate of drug-likeness (QED) is 0.801. The molecule has 7 nitrogen and oxygen atoms in total. The molecule has 3 amide bonds. The summed E-state index contributed by atoms with van der Waals surface area (Å²) < 4.78 is 0. The third-order valence-corrected chi connectivity index (χ3v) is 6.74. The van der Waals surface area contributed by atoms with Crippen molar-refractivity contribution in [2.45, 2.75) is 32.1 Å². The number of amides is 3. The van der Waals surface area contributed by atoms with Gasteiger partial charge in [-0.1, -0.05) is 11.6 Å². The first-order chi connectivity index (χ1) is 14.0. The second-order valence-corrected chi connectivity index (χ2v) is 8.55. The molecule has 1 aromatic carbocycles. The molecule has 4 rings (SSSR count). The van der Waals surface area contributed by atoms with Crippen LogP contribution in [-0.2, 0) is 11.2 Å². The van der Waals surface area contributed by atoms with Crippen molar-refractivity contribution in [1.29, 1.82) is 0 Å². The molecule has 3 heterocycles. The molecule has 2 aliphatic rings. The number of nitrogens with one attached hydrogen (secondary N) is 1. The van der Waals surface area contributed by atoms with E-state index in [-0.39, 0.29) is 11.9 Å². The van der Waals surface area contributed by atoms with Crippen LogP contribution in [0.15, 0.2) is 18.3 Å². The number of piperidine rings is 2. The molecule has 1 aromatic heterocycles. The Balaban J connectivity index is 1.24. The first-order valence-electron chi connectivity index (χ1n) is 10.3. The number of rotatable bonds is 4. The van der Waals surface area contributed by atoms with Crippen LogP contribution in [0.3, 0.4) is 0 Å². The van der Waals surface area contributed by atoms with Crippen molar-refractivity contribution < 1.29 is 9.59 Å². The van der Waals surface area contributed by atoms with Gasteiger partial charge in [-0.05, 0) is 61.6 Å². The molecule has 1 radical (unpaired) electrons. The Bertz CT molecular complexity index is 882. The number of urea groups is 1. The zero-order valence-corrected chi connectivity index (χ0v) is 17.2. The number of hydrogen-bond acceptors (Lipinski definition) is 3. The number of nitrogens with two attached hydrogens (primary N) is 1. The van der Waals surface area contributed by atoms with Gasteiger partial charge in [0.25, 0.3) is 0 Å². The molecule has 29 heavy (non-hydrogen) atoms. The van der Waals surface area contributed by atoms with Crippen molar-refractivity contribution in [1.82, 2.24) is 20.0 Å². The molecule has 0 spiro atoms. The van der Waals surface area contributed by atoms with Gasteiger partial charge in [-0.15, -0.1) is 0 Å². The Morgan fingerprint density at radius 2 is 1.72 bits per heavy atom. The highest BCUT2D eigenvalue weighted by molar-refractivity contribution is 6.35. The number of fused-ring (bicyclic) bond motifs is 1. The van der Waals surface area contributed by atoms with Crippen LogP contribution in [0.5, 0.6) is 0 Å². The number of H-pyrrole nitrogens is 1. The minimum atomic E-state index is -0.312. The molecule has 0 saturated carbocycles.